The molecule has 0 aliphatic heterocycles. The summed E-state index contributed by atoms with van der Waals surface area (Å²) in [5, 5.41) is 7.69. The summed E-state index contributed by atoms with van der Waals surface area (Å²) in [4.78, 5) is 4.28. The molecule has 2 unspecified atom stereocenters. The van der Waals surface area contributed by atoms with E-state index in [4.69, 9.17) is 15.9 Å². The summed E-state index contributed by atoms with van der Waals surface area (Å²) in [6.07, 6.45) is 7.87. The van der Waals surface area contributed by atoms with E-state index in [0.29, 0.717) is 17.4 Å². The Hall–Kier alpha value is -1.58. The molecular formula is C15H23N3O. The fraction of sp³-hybridized carbons (Fsp3) is 0.600. The van der Waals surface area contributed by atoms with Gasteiger partial charge in [-0.05, 0) is 50.2 Å². The highest BCUT2D eigenvalue weighted by Gasteiger charge is 2.27. The largest absolute Gasteiger partial charge is 0.474 e. The van der Waals surface area contributed by atoms with Gasteiger partial charge in [0.15, 0.2) is 0 Å². The van der Waals surface area contributed by atoms with Crippen molar-refractivity contribution in [1.82, 2.24) is 4.98 Å². The molecule has 4 nitrogen and oxygen atoms in total. The summed E-state index contributed by atoms with van der Waals surface area (Å²) in [6.45, 7) is 4.14. The summed E-state index contributed by atoms with van der Waals surface area (Å²) in [5.41, 5.74) is 7.24. The average molecular weight is 261 g/mol. The van der Waals surface area contributed by atoms with Crippen LogP contribution in [0.15, 0.2) is 12.3 Å². The van der Waals surface area contributed by atoms with E-state index in [9.17, 15) is 0 Å². The molecule has 0 spiro atoms. The highest BCUT2D eigenvalue weighted by atomic mass is 16.5. The first-order valence-electron chi connectivity index (χ1n) is 7.10. The molecule has 19 heavy (non-hydrogen) atoms. The van der Waals surface area contributed by atoms with Gasteiger partial charge >= 0.3 is 0 Å². The number of nitrogens with two attached hydrogens (primary N) is 1. The Bertz CT molecular complexity index is 459. The maximum atomic E-state index is 7.69. The van der Waals surface area contributed by atoms with Crippen molar-refractivity contribution in [2.75, 3.05) is 0 Å². The lowest BCUT2D eigenvalue weighted by Gasteiger charge is -2.31. The van der Waals surface area contributed by atoms with Crippen molar-refractivity contribution in [2.45, 2.75) is 52.1 Å². The highest BCUT2D eigenvalue weighted by molar-refractivity contribution is 5.98. The third-order valence-corrected chi connectivity index (χ3v) is 4.02. The molecule has 1 aromatic heterocycles. The Morgan fingerprint density at radius 2 is 2.21 bits per heavy atom. The Kier molecular flexibility index (Phi) is 4.40. The molecule has 4 heteroatoms. The summed E-state index contributed by atoms with van der Waals surface area (Å²) in [7, 11) is 0. The highest BCUT2D eigenvalue weighted by Crippen LogP contribution is 2.31. The lowest BCUT2D eigenvalue weighted by atomic mass is 9.85. The lowest BCUT2D eigenvalue weighted by molar-refractivity contribution is 0.0856. The molecule has 0 amide bonds. The molecule has 0 saturated heterocycles. The van der Waals surface area contributed by atoms with E-state index >= 15 is 0 Å². The van der Waals surface area contributed by atoms with Gasteiger partial charge in [0.2, 0.25) is 5.88 Å². The molecule has 1 aliphatic rings. The third-order valence-electron chi connectivity index (χ3n) is 4.02. The van der Waals surface area contributed by atoms with Gasteiger partial charge in [0.1, 0.15) is 11.9 Å². The number of nitrogen functional groups attached to an aromatic ring is 1. The number of nitrogens with one attached hydrogen (secondary N) is 1. The molecule has 1 heterocycles. The number of hydrogen-bond acceptors (Lipinski definition) is 3. The molecule has 2 rings (SSSR count). The number of nitrogens with zero attached hydrogens (tertiary/aromatic N) is 1. The molecular weight excluding hydrogens is 238 g/mol. The Labute approximate surface area is 114 Å². The summed E-state index contributed by atoms with van der Waals surface area (Å²) in [6, 6.07) is 1.86. The standard InChI is InChI=1S/C15H23N3O/c1-3-11-6-4-5-7-12(11)19-15-13(14(16)17)10(2)8-9-18-15/h8-9,11-12H,3-7H2,1-2H3,(H3,16,17). The van der Waals surface area contributed by atoms with Gasteiger partial charge in [0, 0.05) is 6.20 Å². The first-order valence-corrected chi connectivity index (χ1v) is 7.10. The van der Waals surface area contributed by atoms with Crippen LogP contribution in [-0.4, -0.2) is 16.9 Å². The predicted octanol–water partition coefficient (Wildman–Crippen LogP) is 3.02. The van der Waals surface area contributed by atoms with E-state index in [0.717, 1.165) is 18.4 Å². The number of ether oxygens (including phenoxy) is 1. The minimum Gasteiger partial charge on any atom is -0.474 e. The van der Waals surface area contributed by atoms with E-state index in [1.54, 1.807) is 6.20 Å². The van der Waals surface area contributed by atoms with Crippen molar-refractivity contribution < 1.29 is 4.74 Å². The second kappa shape index (κ2) is 6.04. The van der Waals surface area contributed by atoms with Crippen LogP contribution in [0.5, 0.6) is 5.88 Å². The average Bonchev–Trinajstić information content (AvgIpc) is 2.39. The van der Waals surface area contributed by atoms with Gasteiger partial charge < -0.3 is 10.5 Å². The molecule has 2 atom stereocenters. The van der Waals surface area contributed by atoms with Crippen LogP contribution in [0.4, 0.5) is 0 Å². The third kappa shape index (κ3) is 3.06. The summed E-state index contributed by atoms with van der Waals surface area (Å²) < 4.78 is 6.10. The van der Waals surface area contributed by atoms with Crippen LogP contribution in [0.1, 0.15) is 50.2 Å². The lowest BCUT2D eigenvalue weighted by Crippen LogP contribution is -2.31. The Morgan fingerprint density at radius 1 is 1.47 bits per heavy atom. The second-order valence-corrected chi connectivity index (χ2v) is 5.33. The SMILES string of the molecule is CCC1CCCCC1Oc1nccc(C)c1C(=N)N. The van der Waals surface area contributed by atoms with Crippen molar-refractivity contribution in [2.24, 2.45) is 11.7 Å². The van der Waals surface area contributed by atoms with Crippen LogP contribution in [0.2, 0.25) is 0 Å². The van der Waals surface area contributed by atoms with Crippen molar-refractivity contribution in [1.29, 1.82) is 5.41 Å². The van der Waals surface area contributed by atoms with E-state index in [1.165, 1.54) is 19.3 Å². The maximum Gasteiger partial charge on any atom is 0.225 e. The first-order chi connectivity index (χ1) is 9.13. The Balaban J connectivity index is 2.22. The molecule has 0 radical (unpaired) electrons. The van der Waals surface area contributed by atoms with Gasteiger partial charge in [0.05, 0.1) is 5.56 Å². The quantitative estimate of drug-likeness (QED) is 0.646. The van der Waals surface area contributed by atoms with Gasteiger partial charge in [-0.25, -0.2) is 4.98 Å². The van der Waals surface area contributed by atoms with Gasteiger partial charge in [0.25, 0.3) is 0 Å². The monoisotopic (exact) mass is 261 g/mol. The van der Waals surface area contributed by atoms with Gasteiger partial charge in [-0.15, -0.1) is 0 Å². The molecule has 104 valence electrons. The maximum absolute atomic E-state index is 7.69. The van der Waals surface area contributed by atoms with E-state index in [-0.39, 0.29) is 11.9 Å². The number of aryl methyl sites for hydroxylation is 1. The minimum absolute atomic E-state index is 0.0319. The minimum atomic E-state index is 0.0319. The van der Waals surface area contributed by atoms with Gasteiger partial charge in [-0.2, -0.15) is 0 Å². The molecule has 0 aromatic carbocycles. The topological polar surface area (TPSA) is 72.0 Å². The zero-order valence-electron chi connectivity index (χ0n) is 11.8. The van der Waals surface area contributed by atoms with Crippen molar-refractivity contribution >= 4 is 5.84 Å². The number of pyridine rings is 1. The second-order valence-electron chi connectivity index (χ2n) is 5.33. The van der Waals surface area contributed by atoms with Crippen LogP contribution in [0.3, 0.4) is 0 Å². The normalized spacial score (nSPS) is 23.1. The number of hydrogen-bond donors (Lipinski definition) is 2. The van der Waals surface area contributed by atoms with Crippen LogP contribution in [-0.2, 0) is 0 Å². The Morgan fingerprint density at radius 3 is 2.89 bits per heavy atom. The molecule has 1 saturated carbocycles. The fourth-order valence-corrected chi connectivity index (χ4v) is 2.89. The van der Waals surface area contributed by atoms with Crippen LogP contribution >= 0.6 is 0 Å². The van der Waals surface area contributed by atoms with Crippen LogP contribution in [0, 0.1) is 18.3 Å². The number of amidine groups is 1. The molecule has 1 fully saturated rings. The van der Waals surface area contributed by atoms with Crippen molar-refractivity contribution in [3.63, 3.8) is 0 Å². The predicted molar refractivity (Wildman–Crippen MR) is 76.7 cm³/mol. The summed E-state index contributed by atoms with van der Waals surface area (Å²) in [5.74, 6) is 1.15. The molecule has 0 bridgehead atoms. The first kappa shape index (κ1) is 13.8. The van der Waals surface area contributed by atoms with Gasteiger partial charge in [-0.1, -0.05) is 13.3 Å². The van der Waals surface area contributed by atoms with E-state index in [1.807, 2.05) is 13.0 Å². The zero-order chi connectivity index (χ0) is 13.8. The van der Waals surface area contributed by atoms with Crippen LogP contribution in [0.25, 0.3) is 0 Å². The number of rotatable bonds is 4. The number of aromatic nitrogens is 1. The summed E-state index contributed by atoms with van der Waals surface area (Å²) >= 11 is 0. The van der Waals surface area contributed by atoms with Crippen molar-refractivity contribution in [3.8, 4) is 5.88 Å². The van der Waals surface area contributed by atoms with Crippen molar-refractivity contribution in [3.05, 3.63) is 23.4 Å². The molecule has 1 aromatic rings. The zero-order valence-corrected chi connectivity index (χ0v) is 11.8. The van der Waals surface area contributed by atoms with Gasteiger partial charge in [-0.3, -0.25) is 5.41 Å². The molecule has 3 N–H and O–H groups in total. The smallest absolute Gasteiger partial charge is 0.225 e. The molecule has 1 aliphatic carbocycles. The fourth-order valence-electron chi connectivity index (χ4n) is 2.89. The van der Waals surface area contributed by atoms with E-state index < -0.39 is 0 Å². The van der Waals surface area contributed by atoms with E-state index in [2.05, 4.69) is 11.9 Å². The van der Waals surface area contributed by atoms with Crippen LogP contribution < -0.4 is 10.5 Å².